The third-order valence-electron chi connectivity index (χ3n) is 8.28. The van der Waals surface area contributed by atoms with Crippen LogP contribution in [0.3, 0.4) is 0 Å². The molecule has 39 heavy (non-hydrogen) atoms. The number of carbonyl (C=O) groups is 4. The van der Waals surface area contributed by atoms with Crippen molar-refractivity contribution in [1.82, 2.24) is 20.4 Å². The van der Waals surface area contributed by atoms with E-state index in [1.165, 1.54) is 0 Å². The molecule has 0 aliphatic carbocycles. The van der Waals surface area contributed by atoms with Crippen LogP contribution in [0.5, 0.6) is 0 Å². The number of hydrogen-bond donors (Lipinski definition) is 3. The highest BCUT2D eigenvalue weighted by atomic mass is 16.2. The minimum absolute atomic E-state index is 0.0134. The quantitative estimate of drug-likeness (QED) is 0.449. The van der Waals surface area contributed by atoms with Gasteiger partial charge in [-0.25, -0.2) is 0 Å². The number of benzene rings is 1. The van der Waals surface area contributed by atoms with Crippen molar-refractivity contribution in [3.8, 4) is 0 Å². The summed E-state index contributed by atoms with van der Waals surface area (Å²) < 4.78 is 0. The second-order valence-corrected chi connectivity index (χ2v) is 12.3. The van der Waals surface area contributed by atoms with Crippen LogP contribution in [-0.2, 0) is 14.4 Å². The maximum Gasteiger partial charge on any atom is 0.251 e. The van der Waals surface area contributed by atoms with Crippen LogP contribution in [0.2, 0.25) is 0 Å². The standard InChI is InChI=1S/C29H44N6O4/c1-19(9-11-32-27(38)20-5-7-21(8-6-20)33-15-12-31-13-16-33)17-24(37)34-14-10-22-25(34)23(36)18-35(22)28(39)26(30)29(2,3)4/h5-8,19,22,25-26,31H,9-18,30H2,1-4H3,(H,32,38). The molecule has 0 radical (unpaired) electrons. The van der Waals surface area contributed by atoms with Crippen LogP contribution in [0.15, 0.2) is 24.3 Å². The molecule has 3 heterocycles. The first-order valence-electron chi connectivity index (χ1n) is 14.2. The van der Waals surface area contributed by atoms with Crippen LogP contribution in [0.4, 0.5) is 5.69 Å². The topological polar surface area (TPSA) is 128 Å². The minimum atomic E-state index is -0.700. The van der Waals surface area contributed by atoms with E-state index < -0.39 is 17.5 Å². The zero-order chi connectivity index (χ0) is 28.3. The van der Waals surface area contributed by atoms with Gasteiger partial charge >= 0.3 is 0 Å². The van der Waals surface area contributed by atoms with Crippen molar-refractivity contribution in [3.63, 3.8) is 0 Å². The van der Waals surface area contributed by atoms with E-state index in [1.807, 2.05) is 52.0 Å². The van der Waals surface area contributed by atoms with E-state index >= 15 is 0 Å². The summed E-state index contributed by atoms with van der Waals surface area (Å²) in [5.74, 6) is -0.482. The highest BCUT2D eigenvalue weighted by Gasteiger charge is 2.52. The number of nitrogens with one attached hydrogen (secondary N) is 2. The summed E-state index contributed by atoms with van der Waals surface area (Å²) in [7, 11) is 0. The number of rotatable bonds is 8. The van der Waals surface area contributed by atoms with Crippen molar-refractivity contribution in [2.24, 2.45) is 17.1 Å². The summed E-state index contributed by atoms with van der Waals surface area (Å²) >= 11 is 0. The lowest BCUT2D eigenvalue weighted by atomic mass is 9.86. The van der Waals surface area contributed by atoms with Gasteiger partial charge in [-0.1, -0.05) is 27.7 Å². The van der Waals surface area contributed by atoms with Crippen LogP contribution in [-0.4, -0.2) is 97.2 Å². The fourth-order valence-electron chi connectivity index (χ4n) is 5.74. The average Bonchev–Trinajstić information content (AvgIpc) is 3.49. The van der Waals surface area contributed by atoms with E-state index in [4.69, 9.17) is 5.73 Å². The molecule has 1 aromatic rings. The smallest absolute Gasteiger partial charge is 0.251 e. The summed E-state index contributed by atoms with van der Waals surface area (Å²) in [5.41, 5.74) is 7.51. The highest BCUT2D eigenvalue weighted by molar-refractivity contribution is 5.98. The molecule has 4 N–H and O–H groups in total. The molecule has 0 aromatic heterocycles. The predicted octanol–water partition coefficient (Wildman–Crippen LogP) is 0.997. The minimum Gasteiger partial charge on any atom is -0.369 e. The molecule has 3 amide bonds. The Balaban J connectivity index is 1.23. The number of carbonyl (C=O) groups excluding carboxylic acids is 4. The monoisotopic (exact) mass is 540 g/mol. The van der Waals surface area contributed by atoms with Crippen LogP contribution in [0.25, 0.3) is 0 Å². The molecule has 10 heteroatoms. The Bertz CT molecular complexity index is 1060. The Morgan fingerprint density at radius 1 is 1.08 bits per heavy atom. The van der Waals surface area contributed by atoms with E-state index in [9.17, 15) is 19.2 Å². The molecule has 0 saturated carbocycles. The van der Waals surface area contributed by atoms with Crippen molar-refractivity contribution >= 4 is 29.2 Å². The van der Waals surface area contributed by atoms with Gasteiger partial charge in [-0.05, 0) is 48.4 Å². The molecule has 0 bridgehead atoms. The molecular formula is C29H44N6O4. The number of anilines is 1. The summed E-state index contributed by atoms with van der Waals surface area (Å²) in [4.78, 5) is 57.2. The summed E-state index contributed by atoms with van der Waals surface area (Å²) in [5, 5.41) is 6.30. The molecule has 4 atom stereocenters. The molecule has 0 spiro atoms. The first kappa shape index (κ1) is 29.0. The Hall–Kier alpha value is -2.98. The molecular weight excluding hydrogens is 496 g/mol. The van der Waals surface area contributed by atoms with Crippen molar-refractivity contribution in [3.05, 3.63) is 29.8 Å². The van der Waals surface area contributed by atoms with Gasteiger partial charge in [-0.15, -0.1) is 0 Å². The molecule has 3 aliphatic heterocycles. The van der Waals surface area contributed by atoms with Crippen molar-refractivity contribution in [1.29, 1.82) is 0 Å². The lowest BCUT2D eigenvalue weighted by Crippen LogP contribution is -2.52. The normalized spacial score (nSPS) is 23.0. The zero-order valence-electron chi connectivity index (χ0n) is 23.7. The number of likely N-dealkylation sites (tertiary alicyclic amines) is 2. The van der Waals surface area contributed by atoms with E-state index in [2.05, 4.69) is 15.5 Å². The molecule has 1 aromatic carbocycles. The Kier molecular flexibility index (Phi) is 8.96. The number of amides is 3. The van der Waals surface area contributed by atoms with E-state index in [0.717, 1.165) is 31.9 Å². The molecule has 3 saturated heterocycles. The Morgan fingerprint density at radius 3 is 2.38 bits per heavy atom. The van der Waals surface area contributed by atoms with Gasteiger partial charge in [0.15, 0.2) is 5.78 Å². The van der Waals surface area contributed by atoms with Crippen LogP contribution in [0.1, 0.15) is 57.3 Å². The van der Waals surface area contributed by atoms with Gasteiger partial charge in [-0.2, -0.15) is 0 Å². The first-order valence-corrected chi connectivity index (χ1v) is 14.2. The third kappa shape index (κ3) is 6.61. The highest BCUT2D eigenvalue weighted by Crippen LogP contribution is 2.32. The van der Waals surface area contributed by atoms with Crippen LogP contribution in [0, 0.1) is 11.3 Å². The summed E-state index contributed by atoms with van der Waals surface area (Å²) in [6.45, 7) is 12.5. The van der Waals surface area contributed by atoms with Crippen molar-refractivity contribution < 1.29 is 19.2 Å². The third-order valence-corrected chi connectivity index (χ3v) is 8.28. The van der Waals surface area contributed by atoms with Gasteiger partial charge in [0.2, 0.25) is 11.8 Å². The molecule has 4 unspecified atom stereocenters. The second kappa shape index (κ2) is 12.0. The molecule has 4 rings (SSSR count). The number of nitrogens with zero attached hydrogens (tertiary/aromatic N) is 3. The van der Waals surface area contributed by atoms with Gasteiger partial charge in [0, 0.05) is 56.9 Å². The molecule has 3 fully saturated rings. The summed E-state index contributed by atoms with van der Waals surface area (Å²) in [6.07, 6.45) is 1.53. The Morgan fingerprint density at radius 2 is 1.74 bits per heavy atom. The SMILES string of the molecule is CC(CCNC(=O)c1ccc(N2CCNCC2)cc1)CC(=O)N1CCC2C1C(=O)CN2C(=O)C(N)C(C)(C)C. The van der Waals surface area contributed by atoms with E-state index in [-0.39, 0.29) is 42.0 Å². The zero-order valence-corrected chi connectivity index (χ0v) is 23.7. The second-order valence-electron chi connectivity index (χ2n) is 12.3. The first-order chi connectivity index (χ1) is 18.5. The van der Waals surface area contributed by atoms with Crippen molar-refractivity contribution in [2.75, 3.05) is 50.7 Å². The van der Waals surface area contributed by atoms with Gasteiger partial charge in [0.1, 0.15) is 6.04 Å². The predicted molar refractivity (Wildman–Crippen MR) is 150 cm³/mol. The number of Topliss-reactive ketones (excluding diaryl/α,β-unsaturated/α-hetero) is 1. The largest absolute Gasteiger partial charge is 0.369 e. The summed E-state index contributed by atoms with van der Waals surface area (Å²) in [6, 6.07) is 6.10. The fraction of sp³-hybridized carbons (Fsp3) is 0.655. The number of nitrogens with two attached hydrogens (primary N) is 1. The van der Waals surface area contributed by atoms with Gasteiger partial charge in [0.25, 0.3) is 5.91 Å². The maximum absolute atomic E-state index is 13.1. The lowest BCUT2D eigenvalue weighted by molar-refractivity contribution is -0.137. The number of ketones is 1. The van der Waals surface area contributed by atoms with E-state index in [0.29, 0.717) is 37.9 Å². The lowest BCUT2D eigenvalue weighted by Gasteiger charge is -2.32. The number of piperazine rings is 1. The van der Waals surface area contributed by atoms with Crippen molar-refractivity contribution in [2.45, 2.75) is 65.1 Å². The average molecular weight is 541 g/mol. The molecule has 214 valence electrons. The number of hydrogen-bond acceptors (Lipinski definition) is 7. The molecule has 10 nitrogen and oxygen atoms in total. The Labute approximate surface area is 231 Å². The number of fused-ring (bicyclic) bond motifs is 1. The van der Waals surface area contributed by atoms with Gasteiger partial charge in [0.05, 0.1) is 18.6 Å². The molecule has 3 aliphatic rings. The maximum atomic E-state index is 13.1. The van der Waals surface area contributed by atoms with Crippen LogP contribution >= 0.6 is 0 Å². The fourth-order valence-corrected chi connectivity index (χ4v) is 5.74. The van der Waals surface area contributed by atoms with Gasteiger partial charge in [-0.3, -0.25) is 19.2 Å². The van der Waals surface area contributed by atoms with Gasteiger partial charge < -0.3 is 31.1 Å². The van der Waals surface area contributed by atoms with E-state index in [1.54, 1.807) is 9.80 Å². The van der Waals surface area contributed by atoms with Crippen LogP contribution < -0.4 is 21.3 Å².